The van der Waals surface area contributed by atoms with Crippen LogP contribution in [-0.4, -0.2) is 17.0 Å². The van der Waals surface area contributed by atoms with Crippen molar-refractivity contribution in [2.45, 2.75) is 58.8 Å². The van der Waals surface area contributed by atoms with E-state index >= 15 is 0 Å². The summed E-state index contributed by atoms with van der Waals surface area (Å²) in [6.07, 6.45) is -1.18. The zero-order chi connectivity index (χ0) is 16.8. The normalized spacial score (nSPS) is 13.8. The molecule has 1 unspecified atom stereocenters. The lowest BCUT2D eigenvalue weighted by Crippen LogP contribution is -2.38. The molecule has 1 heterocycles. The van der Waals surface area contributed by atoms with Crippen molar-refractivity contribution < 1.29 is 13.2 Å². The fourth-order valence-corrected chi connectivity index (χ4v) is 2.59. The fraction of sp³-hybridized carbons (Fsp3) is 0.714. The van der Waals surface area contributed by atoms with Gasteiger partial charge in [-0.15, -0.1) is 35.3 Å². The molecule has 0 spiro atoms. The van der Waals surface area contributed by atoms with Crippen LogP contribution >= 0.6 is 35.3 Å². The van der Waals surface area contributed by atoms with Crippen LogP contribution in [0.4, 0.5) is 13.2 Å². The third kappa shape index (κ3) is 9.33. The Kier molecular flexibility index (Phi) is 10.1. The predicted molar refractivity (Wildman–Crippen MR) is 99.1 cm³/mol. The molecule has 1 rings (SSSR count). The second-order valence-electron chi connectivity index (χ2n) is 5.70. The number of rotatable bonds is 7. The van der Waals surface area contributed by atoms with Crippen molar-refractivity contribution in [3.63, 3.8) is 0 Å². The third-order valence-electron chi connectivity index (χ3n) is 3.04. The molecule has 23 heavy (non-hydrogen) atoms. The number of alkyl halides is 3. The van der Waals surface area contributed by atoms with Gasteiger partial charge in [-0.25, -0.2) is 9.98 Å². The summed E-state index contributed by atoms with van der Waals surface area (Å²) in [5, 5.41) is 4.33. The summed E-state index contributed by atoms with van der Waals surface area (Å²) in [4.78, 5) is 7.54. The molecule has 0 bridgehead atoms. The van der Waals surface area contributed by atoms with Gasteiger partial charge in [0.2, 0.25) is 0 Å². The van der Waals surface area contributed by atoms with E-state index in [4.69, 9.17) is 5.73 Å². The molecule has 0 aliphatic rings. The minimum Gasteiger partial charge on any atom is -0.370 e. The van der Waals surface area contributed by atoms with E-state index in [0.29, 0.717) is 10.9 Å². The van der Waals surface area contributed by atoms with Gasteiger partial charge < -0.3 is 11.1 Å². The number of aliphatic imine (C=N–C) groups is 1. The highest BCUT2D eigenvalue weighted by molar-refractivity contribution is 14.0. The Morgan fingerprint density at radius 2 is 2.00 bits per heavy atom. The van der Waals surface area contributed by atoms with E-state index in [1.54, 1.807) is 0 Å². The van der Waals surface area contributed by atoms with Gasteiger partial charge in [-0.1, -0.05) is 26.7 Å². The molecular formula is C14H24F3IN4S. The topological polar surface area (TPSA) is 63.3 Å². The van der Waals surface area contributed by atoms with E-state index < -0.39 is 11.9 Å². The average Bonchev–Trinajstić information content (AvgIpc) is 2.84. The monoisotopic (exact) mass is 464 g/mol. The average molecular weight is 464 g/mol. The number of halogens is 4. The maximum atomic E-state index is 12.4. The number of nitrogens with two attached hydrogens (primary N) is 1. The molecule has 0 aliphatic heterocycles. The Balaban J connectivity index is 0.00000484. The number of guanidine groups is 1. The van der Waals surface area contributed by atoms with Gasteiger partial charge in [-0.05, 0) is 19.3 Å². The summed E-state index contributed by atoms with van der Waals surface area (Å²) < 4.78 is 37.3. The fourth-order valence-electron chi connectivity index (χ4n) is 1.87. The first-order chi connectivity index (χ1) is 10.2. The van der Waals surface area contributed by atoms with Gasteiger partial charge in [0, 0.05) is 11.4 Å². The molecule has 0 aromatic carbocycles. The van der Waals surface area contributed by atoms with E-state index in [1.165, 1.54) is 0 Å². The molecule has 4 nitrogen and oxygen atoms in total. The Labute approximate surface area is 156 Å². The van der Waals surface area contributed by atoms with Crippen LogP contribution in [0.25, 0.3) is 0 Å². The number of nitrogens with zero attached hydrogens (tertiary/aromatic N) is 2. The second-order valence-corrected chi connectivity index (χ2v) is 6.64. The molecule has 0 saturated carbocycles. The highest BCUT2D eigenvalue weighted by Gasteiger charge is 2.33. The summed E-state index contributed by atoms with van der Waals surface area (Å²) in [5.41, 5.74) is 4.86. The Hall–Kier alpha value is -0.580. The molecule has 0 radical (unpaired) electrons. The van der Waals surface area contributed by atoms with Gasteiger partial charge in [-0.3, -0.25) is 0 Å². The maximum absolute atomic E-state index is 12.4. The lowest BCUT2D eigenvalue weighted by molar-refractivity contribution is -0.140. The van der Waals surface area contributed by atoms with Crippen molar-refractivity contribution in [3.05, 3.63) is 16.1 Å². The molecule has 1 aromatic rings. The first-order valence-corrected chi connectivity index (χ1v) is 8.14. The minimum atomic E-state index is -4.41. The van der Waals surface area contributed by atoms with Gasteiger partial charge >= 0.3 is 6.18 Å². The lowest BCUT2D eigenvalue weighted by atomic mass is 10.0. The van der Waals surface area contributed by atoms with E-state index in [-0.39, 0.29) is 42.5 Å². The molecule has 1 atom stereocenters. The zero-order valence-electron chi connectivity index (χ0n) is 13.5. The molecule has 0 amide bonds. The largest absolute Gasteiger partial charge is 0.434 e. The maximum Gasteiger partial charge on any atom is 0.434 e. The number of aromatic nitrogens is 1. The Morgan fingerprint density at radius 3 is 2.52 bits per heavy atom. The number of hydrogen-bond donors (Lipinski definition) is 2. The molecule has 0 fully saturated rings. The minimum absolute atomic E-state index is 0. The van der Waals surface area contributed by atoms with Crippen LogP contribution in [0.1, 0.15) is 50.7 Å². The highest BCUT2D eigenvalue weighted by Crippen LogP contribution is 2.30. The van der Waals surface area contributed by atoms with E-state index in [2.05, 4.69) is 29.1 Å². The summed E-state index contributed by atoms with van der Waals surface area (Å²) >= 11 is 0.933. The van der Waals surface area contributed by atoms with Crippen LogP contribution < -0.4 is 11.1 Å². The van der Waals surface area contributed by atoms with Gasteiger partial charge in [-0.2, -0.15) is 13.2 Å². The first-order valence-electron chi connectivity index (χ1n) is 7.26. The van der Waals surface area contributed by atoms with Crippen molar-refractivity contribution in [3.8, 4) is 0 Å². The predicted octanol–water partition coefficient (Wildman–Crippen LogP) is 4.40. The smallest absolute Gasteiger partial charge is 0.370 e. The second kappa shape index (κ2) is 10.3. The SMILES string of the molecule is CC(C)CCCC(C)NC(N)=NCc1nc(C(F)(F)F)cs1.I. The third-order valence-corrected chi connectivity index (χ3v) is 3.87. The molecular weight excluding hydrogens is 440 g/mol. The molecule has 3 N–H and O–H groups in total. The number of nitrogens with one attached hydrogen (secondary N) is 1. The molecule has 0 aliphatic carbocycles. The van der Waals surface area contributed by atoms with Crippen molar-refractivity contribution in [1.29, 1.82) is 0 Å². The van der Waals surface area contributed by atoms with E-state index in [9.17, 15) is 13.2 Å². The molecule has 9 heteroatoms. The Morgan fingerprint density at radius 1 is 1.35 bits per heavy atom. The van der Waals surface area contributed by atoms with E-state index in [0.717, 1.165) is 36.0 Å². The standard InChI is InChI=1S/C14H23F3N4S.HI/c1-9(2)5-4-6-10(3)20-13(18)19-7-12-21-11(8-22-12)14(15,16)17;/h8-10H,4-7H2,1-3H3,(H3,18,19,20);1H. The molecule has 1 aromatic heterocycles. The van der Waals surface area contributed by atoms with Crippen LogP contribution in [0.3, 0.4) is 0 Å². The Bertz CT molecular complexity index is 489. The molecule has 134 valence electrons. The number of hydrogen-bond acceptors (Lipinski definition) is 3. The van der Waals surface area contributed by atoms with Gasteiger partial charge in [0.05, 0.1) is 6.54 Å². The van der Waals surface area contributed by atoms with Crippen LogP contribution in [-0.2, 0) is 12.7 Å². The summed E-state index contributed by atoms with van der Waals surface area (Å²) in [7, 11) is 0. The number of thiazole rings is 1. The van der Waals surface area contributed by atoms with Crippen LogP contribution in [0.5, 0.6) is 0 Å². The van der Waals surface area contributed by atoms with Crippen molar-refractivity contribution in [2.75, 3.05) is 0 Å². The van der Waals surface area contributed by atoms with Crippen LogP contribution in [0, 0.1) is 5.92 Å². The molecule has 0 saturated heterocycles. The zero-order valence-corrected chi connectivity index (χ0v) is 16.6. The van der Waals surface area contributed by atoms with Gasteiger partial charge in [0.1, 0.15) is 5.01 Å². The summed E-state index contributed by atoms with van der Waals surface area (Å²) in [6, 6.07) is 0.185. The van der Waals surface area contributed by atoms with Crippen molar-refractivity contribution in [2.24, 2.45) is 16.6 Å². The summed E-state index contributed by atoms with van der Waals surface area (Å²) in [5.74, 6) is 0.909. The van der Waals surface area contributed by atoms with Gasteiger partial charge in [0.25, 0.3) is 0 Å². The van der Waals surface area contributed by atoms with Crippen molar-refractivity contribution in [1.82, 2.24) is 10.3 Å². The van der Waals surface area contributed by atoms with Crippen LogP contribution in [0.2, 0.25) is 0 Å². The summed E-state index contributed by atoms with van der Waals surface area (Å²) in [6.45, 7) is 6.42. The quantitative estimate of drug-likeness (QED) is 0.357. The lowest BCUT2D eigenvalue weighted by Gasteiger charge is -2.14. The van der Waals surface area contributed by atoms with Gasteiger partial charge in [0.15, 0.2) is 11.7 Å². The first kappa shape index (κ1) is 22.4. The highest BCUT2D eigenvalue weighted by atomic mass is 127. The van der Waals surface area contributed by atoms with E-state index in [1.807, 2.05) is 6.92 Å². The van der Waals surface area contributed by atoms with Crippen LogP contribution in [0.15, 0.2) is 10.4 Å². The van der Waals surface area contributed by atoms with Crippen molar-refractivity contribution >= 4 is 41.3 Å².